The summed E-state index contributed by atoms with van der Waals surface area (Å²) in [4.78, 5) is 39.5. The van der Waals surface area contributed by atoms with Gasteiger partial charge in [0.1, 0.15) is 11.6 Å². The molecule has 35 heavy (non-hydrogen) atoms. The number of ether oxygens (including phenoxy) is 1. The average Bonchev–Trinajstić information content (AvgIpc) is 3.46. The minimum absolute atomic E-state index is 0.169. The van der Waals surface area contributed by atoms with E-state index in [9.17, 15) is 28.3 Å². The van der Waals surface area contributed by atoms with Crippen molar-refractivity contribution in [2.45, 2.75) is 74.1 Å². The quantitative estimate of drug-likeness (QED) is 0.593. The molecule has 0 radical (unpaired) electrons. The number of aryl methyl sites for hydroxylation is 1. The Balaban J connectivity index is 1.58. The van der Waals surface area contributed by atoms with Gasteiger partial charge in [0.25, 0.3) is 0 Å². The maximum absolute atomic E-state index is 14.1. The smallest absolute Gasteiger partial charge is 0.407 e. The second-order valence-electron chi connectivity index (χ2n) is 10.3. The van der Waals surface area contributed by atoms with Crippen LogP contribution in [-0.2, 0) is 20.7 Å². The number of fused-ring (bicyclic) bond motifs is 1. The molecule has 2 saturated heterocycles. The SMILES string of the molecule is CC(C)(C)OC(=O)NC(CC(=O)N1CC2(C[C@H]1C(=O)O)SCCS2)C1CCc2cc(F)c(F)cc21. The monoisotopic (exact) mass is 528 g/mol. The zero-order valence-electron chi connectivity index (χ0n) is 19.9. The summed E-state index contributed by atoms with van der Waals surface area (Å²) in [6.45, 7) is 5.47. The first-order chi connectivity index (χ1) is 16.4. The van der Waals surface area contributed by atoms with Gasteiger partial charge in [-0.15, -0.1) is 23.5 Å². The molecule has 1 aliphatic carbocycles. The van der Waals surface area contributed by atoms with Crippen molar-refractivity contribution in [1.82, 2.24) is 10.2 Å². The first-order valence-electron chi connectivity index (χ1n) is 11.6. The molecular weight excluding hydrogens is 498 g/mol. The van der Waals surface area contributed by atoms with Crippen molar-refractivity contribution in [3.63, 3.8) is 0 Å². The number of carbonyl (C=O) groups excluding carboxylic acids is 2. The van der Waals surface area contributed by atoms with Crippen LogP contribution in [0.1, 0.15) is 57.1 Å². The van der Waals surface area contributed by atoms with Crippen LogP contribution >= 0.6 is 23.5 Å². The summed E-state index contributed by atoms with van der Waals surface area (Å²) in [6.07, 6.45) is 0.447. The van der Waals surface area contributed by atoms with E-state index < -0.39 is 47.3 Å². The molecule has 1 aromatic carbocycles. The van der Waals surface area contributed by atoms with E-state index in [1.807, 2.05) is 0 Å². The van der Waals surface area contributed by atoms with Gasteiger partial charge in [-0.25, -0.2) is 18.4 Å². The van der Waals surface area contributed by atoms with Crippen LogP contribution in [0.5, 0.6) is 0 Å². The number of benzene rings is 1. The summed E-state index contributed by atoms with van der Waals surface area (Å²) in [7, 11) is 0. The number of nitrogens with one attached hydrogen (secondary N) is 1. The molecule has 4 rings (SSSR count). The number of likely N-dealkylation sites (tertiary alicyclic amines) is 1. The highest BCUT2D eigenvalue weighted by molar-refractivity contribution is 8.21. The molecule has 2 N–H and O–H groups in total. The fourth-order valence-corrected chi connectivity index (χ4v) is 8.39. The number of carboxylic acid groups (broad SMARTS) is 1. The maximum Gasteiger partial charge on any atom is 0.407 e. The fraction of sp³-hybridized carbons (Fsp3) is 0.625. The van der Waals surface area contributed by atoms with Gasteiger partial charge in [-0.1, -0.05) is 0 Å². The molecule has 11 heteroatoms. The van der Waals surface area contributed by atoms with Gasteiger partial charge in [-0.2, -0.15) is 0 Å². The molecule has 1 aromatic rings. The van der Waals surface area contributed by atoms with Crippen molar-refractivity contribution in [3.05, 3.63) is 34.9 Å². The minimum Gasteiger partial charge on any atom is -0.480 e. The van der Waals surface area contributed by atoms with Crippen molar-refractivity contribution in [1.29, 1.82) is 0 Å². The number of carbonyl (C=O) groups is 3. The lowest BCUT2D eigenvalue weighted by Gasteiger charge is -2.30. The highest BCUT2D eigenvalue weighted by atomic mass is 32.2. The normalized spacial score (nSPS) is 23.9. The molecule has 192 valence electrons. The van der Waals surface area contributed by atoms with Gasteiger partial charge in [-0.05, 0) is 56.9 Å². The van der Waals surface area contributed by atoms with Gasteiger partial charge in [0, 0.05) is 42.9 Å². The number of hydrogen-bond donors (Lipinski definition) is 2. The Morgan fingerprint density at radius 1 is 1.23 bits per heavy atom. The van der Waals surface area contributed by atoms with E-state index >= 15 is 0 Å². The third kappa shape index (κ3) is 5.71. The molecule has 2 heterocycles. The molecular formula is C24H30F2N2O5S2. The van der Waals surface area contributed by atoms with E-state index in [4.69, 9.17) is 4.74 Å². The first kappa shape index (κ1) is 26.1. The molecule has 3 aliphatic rings. The summed E-state index contributed by atoms with van der Waals surface area (Å²) in [5, 5.41) is 12.6. The lowest BCUT2D eigenvalue weighted by Crippen LogP contribution is -2.47. The number of hydrogen-bond acceptors (Lipinski definition) is 6. The Bertz CT molecular complexity index is 1030. The Labute approximate surface area is 211 Å². The number of aliphatic carboxylic acids is 1. The van der Waals surface area contributed by atoms with Crippen LogP contribution in [0, 0.1) is 11.6 Å². The van der Waals surface area contributed by atoms with E-state index in [1.165, 1.54) is 4.90 Å². The highest BCUT2D eigenvalue weighted by Crippen LogP contribution is 2.52. The van der Waals surface area contributed by atoms with E-state index in [1.54, 1.807) is 44.3 Å². The summed E-state index contributed by atoms with van der Waals surface area (Å²) < 4.78 is 32.9. The van der Waals surface area contributed by atoms with Gasteiger partial charge in [0.05, 0.1) is 4.08 Å². The summed E-state index contributed by atoms with van der Waals surface area (Å²) >= 11 is 3.38. The number of carboxylic acids is 1. The predicted molar refractivity (Wildman–Crippen MR) is 131 cm³/mol. The van der Waals surface area contributed by atoms with Crippen molar-refractivity contribution < 1.29 is 33.0 Å². The topological polar surface area (TPSA) is 95.9 Å². The van der Waals surface area contributed by atoms with E-state index in [-0.39, 0.29) is 16.4 Å². The van der Waals surface area contributed by atoms with Gasteiger partial charge in [-0.3, -0.25) is 4.79 Å². The number of halogens is 2. The van der Waals surface area contributed by atoms with Crippen LogP contribution in [0.2, 0.25) is 0 Å². The molecule has 3 atom stereocenters. The summed E-state index contributed by atoms with van der Waals surface area (Å²) in [6, 6.07) is 0.590. The molecule has 2 unspecified atom stereocenters. The Kier molecular flexibility index (Phi) is 7.30. The zero-order valence-corrected chi connectivity index (χ0v) is 21.6. The van der Waals surface area contributed by atoms with Crippen LogP contribution in [0.25, 0.3) is 0 Å². The minimum atomic E-state index is -1.05. The molecule has 2 amide bonds. The zero-order chi connectivity index (χ0) is 25.5. The molecule has 7 nitrogen and oxygen atoms in total. The molecule has 2 aliphatic heterocycles. The standard InChI is InChI=1S/C24H30F2N2O5S2/c1-23(2,3)33-22(32)27-18(14-5-4-13-8-16(25)17(26)9-15(13)14)10-20(29)28-12-24(34-6-7-35-24)11-19(28)21(30)31/h8-9,14,18-19H,4-7,10-12H2,1-3H3,(H,27,32)(H,30,31)/t14?,18?,19-/m0/s1. The van der Waals surface area contributed by atoms with Gasteiger partial charge in [0.2, 0.25) is 5.91 Å². The van der Waals surface area contributed by atoms with Crippen LogP contribution in [0.3, 0.4) is 0 Å². The number of amides is 2. The van der Waals surface area contributed by atoms with Crippen molar-refractivity contribution >= 4 is 41.5 Å². The lowest BCUT2D eigenvalue weighted by atomic mass is 9.90. The lowest BCUT2D eigenvalue weighted by molar-refractivity contribution is -0.148. The summed E-state index contributed by atoms with van der Waals surface area (Å²) in [5.41, 5.74) is 0.417. The van der Waals surface area contributed by atoms with E-state index in [2.05, 4.69) is 5.32 Å². The van der Waals surface area contributed by atoms with Crippen molar-refractivity contribution in [3.8, 4) is 0 Å². The second kappa shape index (κ2) is 9.80. The average molecular weight is 529 g/mol. The molecule has 0 aromatic heterocycles. The third-order valence-electron chi connectivity index (χ3n) is 6.60. The number of thioether (sulfide) groups is 2. The van der Waals surface area contributed by atoms with Crippen molar-refractivity contribution in [2.75, 3.05) is 18.1 Å². The largest absolute Gasteiger partial charge is 0.480 e. The maximum atomic E-state index is 14.1. The predicted octanol–water partition coefficient (Wildman–Crippen LogP) is 4.14. The van der Waals surface area contributed by atoms with Gasteiger partial charge in [0.15, 0.2) is 11.6 Å². The van der Waals surface area contributed by atoms with Crippen LogP contribution < -0.4 is 5.32 Å². The van der Waals surface area contributed by atoms with Crippen molar-refractivity contribution in [2.24, 2.45) is 0 Å². The second-order valence-corrected chi connectivity index (χ2v) is 13.5. The van der Waals surface area contributed by atoms with E-state index in [0.29, 0.717) is 36.9 Å². The number of nitrogens with zero attached hydrogens (tertiary/aromatic N) is 1. The van der Waals surface area contributed by atoms with E-state index in [0.717, 1.165) is 23.6 Å². The summed E-state index contributed by atoms with van der Waals surface area (Å²) in [5.74, 6) is -1.99. The third-order valence-corrected chi connectivity index (χ3v) is 10.0. The van der Waals surface area contributed by atoms with Crippen LogP contribution in [0.4, 0.5) is 13.6 Å². The Morgan fingerprint density at radius 3 is 2.51 bits per heavy atom. The van der Waals surface area contributed by atoms with Gasteiger partial charge < -0.3 is 20.1 Å². The molecule has 0 bridgehead atoms. The van der Waals surface area contributed by atoms with Crippen LogP contribution in [-0.4, -0.2) is 67.8 Å². The van der Waals surface area contributed by atoms with Gasteiger partial charge >= 0.3 is 12.1 Å². The number of rotatable bonds is 5. The molecule has 1 spiro atoms. The Hall–Kier alpha value is -2.01. The Morgan fingerprint density at radius 2 is 1.89 bits per heavy atom. The number of alkyl carbamates (subject to hydrolysis) is 1. The highest BCUT2D eigenvalue weighted by Gasteiger charge is 2.51. The molecule has 0 saturated carbocycles. The first-order valence-corrected chi connectivity index (χ1v) is 13.6. The molecule has 2 fully saturated rings. The fourth-order valence-electron chi connectivity index (χ4n) is 5.14. The van der Waals surface area contributed by atoms with Crippen LogP contribution in [0.15, 0.2) is 12.1 Å².